The molecule has 1 spiro atoms. The van der Waals surface area contributed by atoms with Crippen molar-refractivity contribution in [1.29, 1.82) is 0 Å². The van der Waals surface area contributed by atoms with Crippen molar-refractivity contribution < 1.29 is 29.0 Å². The molecule has 12 heteroatoms. The lowest BCUT2D eigenvalue weighted by molar-refractivity contribution is -0.152. The van der Waals surface area contributed by atoms with Gasteiger partial charge in [-0.15, -0.1) is 0 Å². The first-order valence-corrected chi connectivity index (χ1v) is 17.0. The molecular formula is C37H46N6O6. The highest BCUT2D eigenvalue weighted by molar-refractivity contribution is 5.96. The number of nitrogens with zero attached hydrogens (tertiary/aromatic N) is 4. The monoisotopic (exact) mass is 670 g/mol. The minimum atomic E-state index is -1.05. The van der Waals surface area contributed by atoms with Gasteiger partial charge in [-0.1, -0.05) is 74.5 Å². The number of aliphatic hydroxyl groups is 1. The van der Waals surface area contributed by atoms with Crippen LogP contribution in [0.15, 0.2) is 73.1 Å². The standard InChI is InChI=1S/C37H46N6O6/c1-25(49-21-27-12-8-5-9-13-27)31(33(46)38-14-15-44)40-32(45)30-20-41(22-37(30)23-42(24-37)35(48)29-16-36(29,2)3)34(47)28-17-39-43(19-28)18-26-10-6-4-7-11-26/h4-13,17,19,25,29-31,44H,14-16,18,20-24H2,1-3H3,(H,38,46)(H,40,45)/t25-,29-,30?,31+/m1/s1. The van der Waals surface area contributed by atoms with Gasteiger partial charge < -0.3 is 30.3 Å². The molecule has 3 N–H and O–H groups in total. The molecule has 3 aliphatic rings. The third kappa shape index (κ3) is 7.55. The number of hydrogen-bond donors (Lipinski definition) is 3. The second kappa shape index (κ2) is 14.1. The SMILES string of the molecule is C[C@@H](OCc1ccccc1)[C@H](NC(=O)C1CN(C(=O)c2cnn(Cc3ccccc3)c2)CC12CN(C(=O)[C@H]1CC1(C)C)C2)C(=O)NCCO. The van der Waals surface area contributed by atoms with Gasteiger partial charge in [0.25, 0.3) is 5.91 Å². The molecule has 260 valence electrons. The second-order valence-electron chi connectivity index (χ2n) is 14.5. The van der Waals surface area contributed by atoms with Crippen molar-refractivity contribution in [2.24, 2.45) is 22.7 Å². The van der Waals surface area contributed by atoms with Gasteiger partial charge in [0, 0.05) is 50.3 Å². The molecule has 0 bridgehead atoms. The van der Waals surface area contributed by atoms with Crippen molar-refractivity contribution >= 4 is 23.6 Å². The van der Waals surface area contributed by atoms with E-state index in [1.165, 1.54) is 0 Å². The van der Waals surface area contributed by atoms with E-state index in [1.54, 1.807) is 28.9 Å². The number of ether oxygens (including phenoxy) is 1. The van der Waals surface area contributed by atoms with Crippen LogP contribution >= 0.6 is 0 Å². The van der Waals surface area contributed by atoms with Crippen LogP contribution in [-0.4, -0.2) is 99.8 Å². The fourth-order valence-electron chi connectivity index (χ4n) is 7.13. The van der Waals surface area contributed by atoms with Crippen molar-refractivity contribution in [3.8, 4) is 0 Å². The maximum Gasteiger partial charge on any atom is 0.257 e. The average Bonchev–Trinajstić information content (AvgIpc) is 3.39. The van der Waals surface area contributed by atoms with Crippen molar-refractivity contribution in [2.75, 3.05) is 39.3 Å². The quantitative estimate of drug-likeness (QED) is 0.253. The van der Waals surface area contributed by atoms with Crippen LogP contribution in [0.5, 0.6) is 0 Å². The zero-order valence-corrected chi connectivity index (χ0v) is 28.4. The maximum atomic E-state index is 14.2. The Morgan fingerprint density at radius 2 is 1.59 bits per heavy atom. The summed E-state index contributed by atoms with van der Waals surface area (Å²) in [6, 6.07) is 18.3. The van der Waals surface area contributed by atoms with Crippen LogP contribution in [0.25, 0.3) is 0 Å². The Kier molecular flexibility index (Phi) is 9.89. The number of hydrogen-bond acceptors (Lipinski definition) is 7. The highest BCUT2D eigenvalue weighted by Crippen LogP contribution is 2.54. The summed E-state index contributed by atoms with van der Waals surface area (Å²) >= 11 is 0. The number of aromatic nitrogens is 2. The van der Waals surface area contributed by atoms with E-state index in [-0.39, 0.29) is 55.4 Å². The molecule has 6 rings (SSSR count). The van der Waals surface area contributed by atoms with Crippen LogP contribution in [0, 0.1) is 22.7 Å². The van der Waals surface area contributed by atoms with E-state index in [0.717, 1.165) is 17.5 Å². The van der Waals surface area contributed by atoms with Gasteiger partial charge in [-0.2, -0.15) is 5.10 Å². The van der Waals surface area contributed by atoms with Gasteiger partial charge in [-0.3, -0.25) is 23.9 Å². The van der Waals surface area contributed by atoms with Gasteiger partial charge in [-0.05, 0) is 29.9 Å². The number of aliphatic hydroxyl groups excluding tert-OH is 1. The average molecular weight is 671 g/mol. The summed E-state index contributed by atoms with van der Waals surface area (Å²) in [6.07, 6.45) is 3.39. The van der Waals surface area contributed by atoms with Crippen LogP contribution < -0.4 is 10.6 Å². The molecule has 1 saturated carbocycles. The van der Waals surface area contributed by atoms with Crippen LogP contribution in [0.1, 0.15) is 48.7 Å². The second-order valence-corrected chi connectivity index (χ2v) is 14.5. The van der Waals surface area contributed by atoms with E-state index >= 15 is 0 Å². The van der Waals surface area contributed by atoms with Gasteiger partial charge in [0.1, 0.15) is 6.04 Å². The number of likely N-dealkylation sites (tertiary alicyclic amines) is 2. The largest absolute Gasteiger partial charge is 0.395 e. The summed E-state index contributed by atoms with van der Waals surface area (Å²) in [4.78, 5) is 58.1. The zero-order valence-electron chi connectivity index (χ0n) is 28.4. The predicted octanol–water partition coefficient (Wildman–Crippen LogP) is 2.08. The summed E-state index contributed by atoms with van der Waals surface area (Å²) in [5.41, 5.74) is 1.71. The molecule has 3 fully saturated rings. The first kappa shape index (κ1) is 34.3. The first-order chi connectivity index (χ1) is 23.5. The van der Waals surface area contributed by atoms with Gasteiger partial charge >= 0.3 is 0 Å². The van der Waals surface area contributed by atoms with Crippen LogP contribution in [0.3, 0.4) is 0 Å². The molecule has 3 heterocycles. The Morgan fingerprint density at radius 3 is 2.22 bits per heavy atom. The minimum absolute atomic E-state index is 0.0266. The van der Waals surface area contributed by atoms with Gasteiger partial charge in [0.2, 0.25) is 17.7 Å². The topological polar surface area (TPSA) is 146 Å². The number of amides is 4. The number of carbonyl (C=O) groups is 4. The first-order valence-electron chi connectivity index (χ1n) is 17.0. The van der Waals surface area contributed by atoms with Gasteiger partial charge in [-0.25, -0.2) is 0 Å². The molecule has 4 amide bonds. The third-order valence-electron chi connectivity index (χ3n) is 10.3. The molecule has 2 aromatic carbocycles. The van der Waals surface area contributed by atoms with Crippen molar-refractivity contribution in [3.05, 3.63) is 89.7 Å². The number of benzene rings is 2. The molecule has 0 radical (unpaired) electrons. The van der Waals surface area contributed by atoms with E-state index in [0.29, 0.717) is 31.7 Å². The fourth-order valence-corrected chi connectivity index (χ4v) is 7.13. The zero-order chi connectivity index (χ0) is 34.8. The Morgan fingerprint density at radius 1 is 0.959 bits per heavy atom. The lowest BCUT2D eigenvalue weighted by Crippen LogP contribution is -2.65. The van der Waals surface area contributed by atoms with Gasteiger partial charge in [0.05, 0.1) is 43.5 Å². The Balaban J connectivity index is 1.19. The molecule has 4 atom stereocenters. The molecule has 1 aliphatic carbocycles. The molecular weight excluding hydrogens is 624 g/mol. The van der Waals surface area contributed by atoms with Crippen LogP contribution in [-0.2, 0) is 32.3 Å². The van der Waals surface area contributed by atoms with Crippen molar-refractivity contribution in [2.45, 2.75) is 52.5 Å². The lowest BCUT2D eigenvalue weighted by atomic mass is 9.70. The summed E-state index contributed by atoms with van der Waals surface area (Å²) in [6.45, 7) is 7.56. The van der Waals surface area contributed by atoms with E-state index in [9.17, 15) is 24.3 Å². The molecule has 2 aliphatic heterocycles. The molecule has 1 unspecified atom stereocenters. The number of carbonyl (C=O) groups excluding carboxylic acids is 4. The van der Waals surface area contributed by atoms with Crippen molar-refractivity contribution in [3.63, 3.8) is 0 Å². The highest BCUT2D eigenvalue weighted by atomic mass is 16.5. The molecule has 2 saturated heterocycles. The van der Waals surface area contributed by atoms with E-state index in [1.807, 2.05) is 65.6 Å². The summed E-state index contributed by atoms with van der Waals surface area (Å²) in [5.74, 6) is -1.70. The molecule has 3 aromatic rings. The summed E-state index contributed by atoms with van der Waals surface area (Å²) in [7, 11) is 0. The molecule has 49 heavy (non-hydrogen) atoms. The number of nitrogens with one attached hydrogen (secondary N) is 2. The Bertz CT molecular complexity index is 1650. The molecule has 12 nitrogen and oxygen atoms in total. The van der Waals surface area contributed by atoms with Gasteiger partial charge in [0.15, 0.2) is 0 Å². The van der Waals surface area contributed by atoms with E-state index in [4.69, 9.17) is 4.74 Å². The highest BCUT2D eigenvalue weighted by Gasteiger charge is 2.62. The Labute approximate surface area is 286 Å². The fraction of sp³-hybridized carbons (Fsp3) is 0.486. The van der Waals surface area contributed by atoms with Crippen LogP contribution in [0.4, 0.5) is 0 Å². The normalized spacial score (nSPS) is 21.5. The van der Waals surface area contributed by atoms with E-state index in [2.05, 4.69) is 29.6 Å². The van der Waals surface area contributed by atoms with E-state index < -0.39 is 29.4 Å². The number of rotatable bonds is 13. The summed E-state index contributed by atoms with van der Waals surface area (Å²) in [5, 5.41) is 19.3. The maximum absolute atomic E-state index is 14.2. The smallest absolute Gasteiger partial charge is 0.257 e. The Hall–Kier alpha value is -4.55. The van der Waals surface area contributed by atoms with Crippen LogP contribution in [0.2, 0.25) is 0 Å². The van der Waals surface area contributed by atoms with Crippen molar-refractivity contribution in [1.82, 2.24) is 30.2 Å². The third-order valence-corrected chi connectivity index (χ3v) is 10.3. The summed E-state index contributed by atoms with van der Waals surface area (Å²) < 4.78 is 7.76. The molecule has 1 aromatic heterocycles. The predicted molar refractivity (Wildman–Crippen MR) is 181 cm³/mol. The lowest BCUT2D eigenvalue weighted by Gasteiger charge is -2.50. The minimum Gasteiger partial charge on any atom is -0.395 e.